The monoisotopic (exact) mass is 974 g/mol. The van der Waals surface area contributed by atoms with Crippen LogP contribution in [0.15, 0.2) is 170 Å². The van der Waals surface area contributed by atoms with Gasteiger partial charge in [0.15, 0.2) is 0 Å². The molecule has 10 rings (SSSR count). The Morgan fingerprint density at radius 2 is 0.707 bits per heavy atom. The Bertz CT molecular complexity index is 2800. The van der Waals surface area contributed by atoms with E-state index in [4.69, 9.17) is 0 Å². The largest absolute Gasteiger partial charge is 1.00 e. The Balaban J connectivity index is 0.000000174. The van der Waals surface area contributed by atoms with Gasteiger partial charge in [0.2, 0.25) is 0 Å². The zero-order valence-electron chi connectivity index (χ0n) is 33.8. The third-order valence-corrected chi connectivity index (χ3v) is 10.9. The Hall–Kier alpha value is -4.31. The van der Waals surface area contributed by atoms with E-state index in [1.54, 1.807) is 0 Å². The number of fused-ring (bicyclic) bond motifs is 8. The van der Waals surface area contributed by atoms with Gasteiger partial charge in [0, 0.05) is 0 Å². The molecule has 0 radical (unpaired) electrons. The molecule has 0 aromatic heterocycles. The van der Waals surface area contributed by atoms with Gasteiger partial charge >= 0.3 is 41.6 Å². The molecule has 0 aliphatic heterocycles. The molecule has 10 aromatic rings. The van der Waals surface area contributed by atoms with E-state index in [2.05, 4.69) is 197 Å². The molecule has 0 bridgehead atoms. The minimum Gasteiger partial charge on any atom is -1.00 e. The van der Waals surface area contributed by atoms with Crippen molar-refractivity contribution in [2.24, 2.45) is 0 Å². The zero-order valence-corrected chi connectivity index (χ0v) is 39.9. The molecule has 58 heavy (non-hydrogen) atoms. The predicted molar refractivity (Wildman–Crippen MR) is 245 cm³/mol. The maximum atomic E-state index is 2.39. The summed E-state index contributed by atoms with van der Waals surface area (Å²) in [5.74, 6) is 0. The van der Waals surface area contributed by atoms with E-state index in [0.717, 1.165) is 25.7 Å². The summed E-state index contributed by atoms with van der Waals surface area (Å²) in [7, 11) is 0. The first-order valence-corrected chi connectivity index (χ1v) is 28.0. The van der Waals surface area contributed by atoms with Crippen LogP contribution in [0, 0.1) is 0 Å². The molecule has 0 N–H and O–H groups in total. The average Bonchev–Trinajstić information content (AvgIpc) is 3.78. The number of hydrogen-bond donors (Lipinski definition) is 0. The molecule has 10 aromatic carbocycles. The van der Waals surface area contributed by atoms with Crippen molar-refractivity contribution in [1.29, 1.82) is 0 Å². The predicted octanol–water partition coefficient (Wildman–Crippen LogP) is 9.76. The number of rotatable bonds is 6. The van der Waals surface area contributed by atoms with Crippen molar-refractivity contribution in [2.75, 3.05) is 0 Å². The molecule has 0 nitrogen and oxygen atoms in total. The van der Waals surface area contributed by atoms with Crippen LogP contribution in [0.2, 0.25) is 13.1 Å². The minimum atomic E-state index is 0. The van der Waals surface area contributed by atoms with E-state index in [-0.39, 0.29) is 30.3 Å². The fourth-order valence-electron chi connectivity index (χ4n) is 8.66. The standard InChI is InChI=1S/2C26H21.C2H6Si.2ClH.Hf/c2*1-2-9-20-16-18-10-4-6-13-22(18)26(20)25-17-19-11-3-5-12-21(19)23-14-7-8-15-24(23)25;1-3-2;;;/h2*3-8,10-17H,2,9H2,1H3;1-2H3;2*1H;/q2*-1;;;;+2/p-2. The Morgan fingerprint density at radius 3 is 1.07 bits per heavy atom. The van der Waals surface area contributed by atoms with Crippen LogP contribution in [-0.2, 0) is 35.8 Å². The molecule has 0 atom stereocenters. The Morgan fingerprint density at radius 1 is 0.414 bits per heavy atom. The Kier molecular flexibility index (Phi) is 14.6. The molecule has 0 amide bonds. The first kappa shape index (κ1) is 43.3. The smallest absolute Gasteiger partial charge is 1.00 e. The number of halogens is 2. The quantitative estimate of drug-likeness (QED) is 0.0886. The van der Waals surface area contributed by atoms with Gasteiger partial charge in [0.25, 0.3) is 0 Å². The van der Waals surface area contributed by atoms with Crippen molar-refractivity contribution < 1.29 is 47.8 Å². The summed E-state index contributed by atoms with van der Waals surface area (Å²) in [5.41, 5.74) is 8.76. The van der Waals surface area contributed by atoms with Crippen molar-refractivity contribution in [3.8, 4) is 22.3 Å². The molecule has 0 unspecified atom stereocenters. The maximum Gasteiger partial charge on any atom is -1.00 e. The second kappa shape index (κ2) is 19.6. The van der Waals surface area contributed by atoms with Gasteiger partial charge in [-0.3, -0.25) is 0 Å². The van der Waals surface area contributed by atoms with Gasteiger partial charge in [0.05, 0.1) is 0 Å². The summed E-state index contributed by atoms with van der Waals surface area (Å²) in [4.78, 5) is 0. The molecular formula is C54H48Cl2HfSi-2. The van der Waals surface area contributed by atoms with Gasteiger partial charge in [-0.25, -0.2) is 0 Å². The van der Waals surface area contributed by atoms with Crippen LogP contribution in [0.25, 0.3) is 86.9 Å². The van der Waals surface area contributed by atoms with Crippen molar-refractivity contribution >= 4 is 70.1 Å². The molecule has 288 valence electrons. The molecule has 0 heterocycles. The number of aryl methyl sites for hydroxylation is 2. The Labute approximate surface area is 371 Å². The van der Waals surface area contributed by atoms with Crippen LogP contribution in [0.4, 0.5) is 0 Å². The second-order valence-corrected chi connectivity index (χ2v) is 27.9. The van der Waals surface area contributed by atoms with Gasteiger partial charge in [0.1, 0.15) is 0 Å². The first-order chi connectivity index (χ1) is 27.5. The van der Waals surface area contributed by atoms with Crippen LogP contribution in [0.5, 0.6) is 0 Å². The summed E-state index contributed by atoms with van der Waals surface area (Å²) in [6.45, 7) is 9.19. The fourth-order valence-corrected chi connectivity index (χ4v) is 8.66. The molecule has 0 aliphatic rings. The van der Waals surface area contributed by atoms with E-state index in [1.165, 1.54) is 121 Å². The van der Waals surface area contributed by atoms with E-state index < -0.39 is 0 Å². The summed E-state index contributed by atoms with van der Waals surface area (Å²) < 4.78 is 0. The normalized spacial score (nSPS) is 10.9. The zero-order chi connectivity index (χ0) is 38.6. The molecule has 0 aliphatic carbocycles. The van der Waals surface area contributed by atoms with Crippen LogP contribution in [0.1, 0.15) is 37.8 Å². The third-order valence-electron chi connectivity index (χ3n) is 10.9. The SMILES string of the molecule is CCCc1[cH-]c2ccccc2c1-c1cc2ccccc2c2ccccc12.CCCc1[cH-]c2ccccc2c1-c1cc2ccccc2c2ccccc12.C[Si](C)=[Hf+2].[Cl-].[Cl-]. The van der Waals surface area contributed by atoms with Crippen LogP contribution < -0.4 is 24.8 Å². The molecule has 0 spiro atoms. The van der Waals surface area contributed by atoms with Crippen molar-refractivity contribution in [1.82, 2.24) is 0 Å². The van der Waals surface area contributed by atoms with Gasteiger partial charge in [-0.05, 0) is 55.9 Å². The van der Waals surface area contributed by atoms with Crippen LogP contribution in [-0.4, -0.2) is 5.49 Å². The van der Waals surface area contributed by atoms with Gasteiger partial charge in [-0.1, -0.05) is 159 Å². The minimum absolute atomic E-state index is 0. The molecule has 4 heteroatoms. The fraction of sp³-hybridized carbons (Fsp3) is 0.148. The number of hydrogen-bond acceptors (Lipinski definition) is 0. The molecule has 0 saturated carbocycles. The van der Waals surface area contributed by atoms with Crippen molar-refractivity contribution in [3.05, 3.63) is 181 Å². The summed E-state index contributed by atoms with van der Waals surface area (Å²) in [6.07, 6.45) is 4.56. The van der Waals surface area contributed by atoms with Crippen LogP contribution >= 0.6 is 0 Å². The van der Waals surface area contributed by atoms with E-state index in [9.17, 15) is 0 Å². The van der Waals surface area contributed by atoms with Crippen molar-refractivity contribution in [3.63, 3.8) is 0 Å². The van der Waals surface area contributed by atoms with E-state index >= 15 is 0 Å². The average molecular weight is 974 g/mol. The summed E-state index contributed by atoms with van der Waals surface area (Å²) in [6, 6.07) is 62.3. The van der Waals surface area contributed by atoms with Gasteiger partial charge < -0.3 is 24.8 Å². The summed E-state index contributed by atoms with van der Waals surface area (Å²) >= 11 is 1.45. The topological polar surface area (TPSA) is 0 Å². The van der Waals surface area contributed by atoms with Crippen molar-refractivity contribution in [2.45, 2.75) is 52.6 Å². The number of benzene rings is 8. The van der Waals surface area contributed by atoms with Gasteiger partial charge in [-0.15, -0.1) is 92.3 Å². The van der Waals surface area contributed by atoms with E-state index in [1.807, 2.05) is 0 Å². The van der Waals surface area contributed by atoms with Gasteiger partial charge in [-0.2, -0.15) is 0 Å². The van der Waals surface area contributed by atoms with Crippen LogP contribution in [0.3, 0.4) is 0 Å². The van der Waals surface area contributed by atoms with E-state index in [0.29, 0.717) is 0 Å². The summed E-state index contributed by atoms with van der Waals surface area (Å²) in [5, 5.41) is 16.1. The molecular weight excluding hydrogens is 926 g/mol. The molecule has 0 fully saturated rings. The molecule has 0 saturated heterocycles. The maximum absolute atomic E-state index is 2.39. The first-order valence-electron chi connectivity index (χ1n) is 20.1. The second-order valence-electron chi connectivity index (χ2n) is 15.1. The third kappa shape index (κ3) is 8.68.